The van der Waals surface area contributed by atoms with E-state index >= 15 is 0 Å². The molecule has 1 aliphatic rings. The number of benzene rings is 1. The lowest BCUT2D eigenvalue weighted by atomic mass is 10.1. The number of aryl methyl sites for hydroxylation is 1. The van der Waals surface area contributed by atoms with Crippen LogP contribution in [0.2, 0.25) is 0 Å². The van der Waals surface area contributed by atoms with Gasteiger partial charge in [0.2, 0.25) is 0 Å². The Bertz CT molecular complexity index is 550. The van der Waals surface area contributed by atoms with Crippen LogP contribution in [0.1, 0.15) is 11.1 Å². The Balaban J connectivity index is 1.91. The molecule has 0 amide bonds. The van der Waals surface area contributed by atoms with Gasteiger partial charge in [0, 0.05) is 31.7 Å². The van der Waals surface area contributed by atoms with Crippen molar-refractivity contribution >= 4 is 5.82 Å². The van der Waals surface area contributed by atoms with Crippen LogP contribution in [0.4, 0.5) is 5.82 Å². The van der Waals surface area contributed by atoms with Gasteiger partial charge in [-0.1, -0.05) is 29.8 Å². The number of hydrogen-bond acceptors (Lipinski definition) is 3. The fourth-order valence-corrected chi connectivity index (χ4v) is 2.57. The van der Waals surface area contributed by atoms with Gasteiger partial charge in [-0.3, -0.25) is 5.10 Å². The van der Waals surface area contributed by atoms with Gasteiger partial charge in [-0.15, -0.1) is 0 Å². The molecule has 3 rings (SSSR count). The summed E-state index contributed by atoms with van der Waals surface area (Å²) in [6.45, 7) is 8.38. The van der Waals surface area contributed by atoms with Gasteiger partial charge < -0.3 is 10.2 Å². The van der Waals surface area contributed by atoms with Crippen LogP contribution in [0, 0.1) is 13.8 Å². The van der Waals surface area contributed by atoms with Crippen LogP contribution in [0.5, 0.6) is 0 Å². The minimum atomic E-state index is 1.03. The van der Waals surface area contributed by atoms with Crippen molar-refractivity contribution < 1.29 is 0 Å². The van der Waals surface area contributed by atoms with Crippen LogP contribution in [0.3, 0.4) is 0 Å². The van der Waals surface area contributed by atoms with E-state index in [9.17, 15) is 0 Å². The summed E-state index contributed by atoms with van der Waals surface area (Å²) in [5.74, 6) is 1.09. The summed E-state index contributed by atoms with van der Waals surface area (Å²) in [7, 11) is 0. The number of hydrogen-bond donors (Lipinski definition) is 2. The highest BCUT2D eigenvalue weighted by Crippen LogP contribution is 2.28. The predicted octanol–water partition coefficient (Wildman–Crippen LogP) is 2.10. The molecule has 0 atom stereocenters. The van der Waals surface area contributed by atoms with E-state index in [1.807, 2.05) is 0 Å². The Morgan fingerprint density at radius 2 is 1.74 bits per heavy atom. The molecule has 0 saturated carbocycles. The Kier molecular flexibility index (Phi) is 3.25. The molecular formula is C15H20N4. The summed E-state index contributed by atoms with van der Waals surface area (Å²) in [4.78, 5) is 2.35. The number of anilines is 1. The van der Waals surface area contributed by atoms with Crippen LogP contribution in [-0.2, 0) is 0 Å². The summed E-state index contributed by atoms with van der Waals surface area (Å²) in [6.07, 6.45) is 0. The molecule has 2 heterocycles. The molecule has 1 fully saturated rings. The predicted molar refractivity (Wildman–Crippen MR) is 78.6 cm³/mol. The van der Waals surface area contributed by atoms with Gasteiger partial charge in [0.25, 0.3) is 0 Å². The van der Waals surface area contributed by atoms with E-state index in [1.54, 1.807) is 0 Å². The largest absolute Gasteiger partial charge is 0.352 e. The molecule has 2 aromatic rings. The average Bonchev–Trinajstić information content (AvgIpc) is 2.83. The molecule has 0 spiro atoms. The fourth-order valence-electron chi connectivity index (χ4n) is 2.57. The third kappa shape index (κ3) is 2.36. The highest BCUT2D eigenvalue weighted by atomic mass is 15.3. The van der Waals surface area contributed by atoms with Gasteiger partial charge in [0.1, 0.15) is 0 Å². The second-order valence-corrected chi connectivity index (χ2v) is 5.15. The van der Waals surface area contributed by atoms with Crippen LogP contribution in [0.15, 0.2) is 24.3 Å². The molecule has 0 unspecified atom stereocenters. The van der Waals surface area contributed by atoms with Crippen molar-refractivity contribution in [3.63, 3.8) is 0 Å². The number of nitrogens with one attached hydrogen (secondary N) is 2. The van der Waals surface area contributed by atoms with Crippen molar-refractivity contribution in [3.8, 4) is 11.3 Å². The molecule has 1 aromatic heterocycles. The average molecular weight is 256 g/mol. The van der Waals surface area contributed by atoms with Gasteiger partial charge in [0.15, 0.2) is 5.82 Å². The minimum Gasteiger partial charge on any atom is -0.352 e. The van der Waals surface area contributed by atoms with Crippen LogP contribution >= 0.6 is 0 Å². The van der Waals surface area contributed by atoms with Gasteiger partial charge in [-0.05, 0) is 19.4 Å². The number of nitrogens with zero attached hydrogens (tertiary/aromatic N) is 2. The maximum absolute atomic E-state index is 4.51. The van der Waals surface area contributed by atoms with E-state index in [4.69, 9.17) is 0 Å². The number of aromatic amines is 1. The lowest BCUT2D eigenvalue weighted by molar-refractivity contribution is 0.584. The second-order valence-electron chi connectivity index (χ2n) is 5.15. The molecule has 100 valence electrons. The van der Waals surface area contributed by atoms with Crippen molar-refractivity contribution in [1.82, 2.24) is 15.5 Å². The van der Waals surface area contributed by atoms with E-state index in [1.165, 1.54) is 16.7 Å². The molecule has 0 radical (unpaired) electrons. The summed E-state index contributed by atoms with van der Waals surface area (Å²) < 4.78 is 0. The number of rotatable bonds is 2. The van der Waals surface area contributed by atoms with Gasteiger partial charge in [-0.25, -0.2) is 0 Å². The highest BCUT2D eigenvalue weighted by molar-refractivity contribution is 5.69. The van der Waals surface area contributed by atoms with Crippen molar-refractivity contribution in [3.05, 3.63) is 35.4 Å². The number of aromatic nitrogens is 2. The third-order valence-electron chi connectivity index (χ3n) is 3.74. The standard InChI is InChI=1S/C15H20N4/c1-11-3-5-13(6-4-11)14-12(2)15(18-17-14)19-9-7-16-8-10-19/h3-6,16H,7-10H2,1-2H3,(H,17,18). The molecular weight excluding hydrogens is 236 g/mol. The maximum atomic E-state index is 4.51. The first-order valence-electron chi connectivity index (χ1n) is 6.83. The lowest BCUT2D eigenvalue weighted by Gasteiger charge is -2.27. The quantitative estimate of drug-likeness (QED) is 0.865. The van der Waals surface area contributed by atoms with Crippen molar-refractivity contribution in [2.24, 2.45) is 0 Å². The first-order valence-corrected chi connectivity index (χ1v) is 6.83. The Morgan fingerprint density at radius 3 is 2.42 bits per heavy atom. The molecule has 19 heavy (non-hydrogen) atoms. The highest BCUT2D eigenvalue weighted by Gasteiger charge is 2.18. The first kappa shape index (κ1) is 12.2. The molecule has 4 heteroatoms. The van der Waals surface area contributed by atoms with E-state index in [0.717, 1.165) is 37.7 Å². The Hall–Kier alpha value is -1.81. The van der Waals surface area contributed by atoms with E-state index in [0.29, 0.717) is 0 Å². The van der Waals surface area contributed by atoms with E-state index in [-0.39, 0.29) is 0 Å². The summed E-state index contributed by atoms with van der Waals surface area (Å²) in [5, 5.41) is 11.1. The van der Waals surface area contributed by atoms with Crippen LogP contribution in [-0.4, -0.2) is 36.4 Å². The zero-order valence-electron chi connectivity index (χ0n) is 11.5. The molecule has 4 nitrogen and oxygen atoms in total. The second kappa shape index (κ2) is 5.05. The third-order valence-corrected chi connectivity index (χ3v) is 3.74. The summed E-state index contributed by atoms with van der Waals surface area (Å²) >= 11 is 0. The zero-order valence-corrected chi connectivity index (χ0v) is 11.5. The Labute approximate surface area is 113 Å². The van der Waals surface area contributed by atoms with Crippen molar-refractivity contribution in [2.45, 2.75) is 13.8 Å². The van der Waals surface area contributed by atoms with E-state index < -0.39 is 0 Å². The van der Waals surface area contributed by atoms with Gasteiger partial charge in [0.05, 0.1) is 5.69 Å². The van der Waals surface area contributed by atoms with Gasteiger partial charge >= 0.3 is 0 Å². The van der Waals surface area contributed by atoms with Crippen molar-refractivity contribution in [2.75, 3.05) is 31.1 Å². The minimum absolute atomic E-state index is 1.03. The summed E-state index contributed by atoms with van der Waals surface area (Å²) in [6, 6.07) is 8.58. The molecule has 0 bridgehead atoms. The topological polar surface area (TPSA) is 44.0 Å². The van der Waals surface area contributed by atoms with Gasteiger partial charge in [-0.2, -0.15) is 5.10 Å². The lowest BCUT2D eigenvalue weighted by Crippen LogP contribution is -2.43. The maximum Gasteiger partial charge on any atom is 0.154 e. The molecule has 1 aliphatic heterocycles. The smallest absolute Gasteiger partial charge is 0.154 e. The van der Waals surface area contributed by atoms with Crippen molar-refractivity contribution in [1.29, 1.82) is 0 Å². The molecule has 0 aliphatic carbocycles. The zero-order chi connectivity index (χ0) is 13.2. The Morgan fingerprint density at radius 1 is 1.05 bits per heavy atom. The first-order chi connectivity index (χ1) is 9.25. The summed E-state index contributed by atoms with van der Waals surface area (Å²) in [5.41, 5.74) is 4.86. The molecule has 1 aromatic carbocycles. The SMILES string of the molecule is Cc1ccc(-c2[nH]nc(N3CCNCC3)c2C)cc1. The monoisotopic (exact) mass is 256 g/mol. The number of H-pyrrole nitrogens is 1. The molecule has 1 saturated heterocycles. The fraction of sp³-hybridized carbons (Fsp3) is 0.400. The normalized spacial score (nSPS) is 15.8. The van der Waals surface area contributed by atoms with Crippen LogP contribution < -0.4 is 10.2 Å². The molecule has 2 N–H and O–H groups in total. The van der Waals surface area contributed by atoms with E-state index in [2.05, 4.69) is 58.5 Å². The number of piperazine rings is 1. The van der Waals surface area contributed by atoms with Crippen LogP contribution in [0.25, 0.3) is 11.3 Å².